The number of benzene rings is 2. The maximum absolute atomic E-state index is 3.48. The molecule has 0 saturated carbocycles. The lowest BCUT2D eigenvalue weighted by Crippen LogP contribution is -2.00. The van der Waals surface area contributed by atoms with E-state index >= 15 is 0 Å². The first-order valence-electron chi connectivity index (χ1n) is 9.00. The number of nitrogens with one attached hydrogen (secondary N) is 2. The highest BCUT2D eigenvalue weighted by Crippen LogP contribution is 2.43. The standard InChI is InChI=1S/C23H26N2/c1-22(2)14-20(22)24-18-9-5-16(6-10-18)13-17-7-11-19(12-8-17)25-21-15-23(21,3)4/h5-12,14-15,24-25H,13H2,1-4H3. The van der Waals surface area contributed by atoms with Gasteiger partial charge in [0.1, 0.15) is 0 Å². The van der Waals surface area contributed by atoms with Crippen LogP contribution in [0.5, 0.6) is 0 Å². The van der Waals surface area contributed by atoms with Crippen molar-refractivity contribution in [2.45, 2.75) is 34.1 Å². The maximum atomic E-state index is 3.48. The highest BCUT2D eigenvalue weighted by Gasteiger charge is 2.34. The van der Waals surface area contributed by atoms with Crippen LogP contribution in [-0.2, 0) is 6.42 Å². The number of hydrogen-bond acceptors (Lipinski definition) is 2. The lowest BCUT2D eigenvalue weighted by Gasteiger charge is -2.10. The van der Waals surface area contributed by atoms with Gasteiger partial charge in [0.25, 0.3) is 0 Å². The van der Waals surface area contributed by atoms with Crippen LogP contribution in [0.1, 0.15) is 38.8 Å². The number of anilines is 2. The summed E-state index contributed by atoms with van der Waals surface area (Å²) in [6.45, 7) is 8.90. The minimum Gasteiger partial charge on any atom is -0.358 e. The van der Waals surface area contributed by atoms with Crippen LogP contribution in [0.15, 0.2) is 72.1 Å². The molecule has 0 aliphatic heterocycles. The highest BCUT2D eigenvalue weighted by atomic mass is 14.9. The quantitative estimate of drug-likeness (QED) is 0.684. The van der Waals surface area contributed by atoms with E-state index in [1.807, 2.05) is 0 Å². The molecule has 128 valence electrons. The first-order chi connectivity index (χ1) is 11.8. The molecule has 25 heavy (non-hydrogen) atoms. The van der Waals surface area contributed by atoms with Crippen molar-refractivity contribution >= 4 is 11.4 Å². The molecule has 0 aromatic heterocycles. The third-order valence-electron chi connectivity index (χ3n) is 5.11. The molecule has 0 radical (unpaired) electrons. The van der Waals surface area contributed by atoms with E-state index in [4.69, 9.17) is 0 Å². The van der Waals surface area contributed by atoms with Gasteiger partial charge in [-0.25, -0.2) is 0 Å². The van der Waals surface area contributed by atoms with E-state index in [9.17, 15) is 0 Å². The van der Waals surface area contributed by atoms with Crippen molar-refractivity contribution in [2.24, 2.45) is 10.8 Å². The van der Waals surface area contributed by atoms with Gasteiger partial charge in [-0.2, -0.15) is 0 Å². The van der Waals surface area contributed by atoms with Crippen LogP contribution in [0.4, 0.5) is 11.4 Å². The van der Waals surface area contributed by atoms with Gasteiger partial charge in [0.15, 0.2) is 0 Å². The molecule has 0 saturated heterocycles. The molecule has 0 atom stereocenters. The molecule has 0 heterocycles. The fourth-order valence-corrected chi connectivity index (χ4v) is 3.00. The van der Waals surface area contributed by atoms with E-state index < -0.39 is 0 Å². The maximum Gasteiger partial charge on any atom is 0.0382 e. The van der Waals surface area contributed by atoms with E-state index in [2.05, 4.69) is 99.0 Å². The molecule has 2 aliphatic rings. The molecule has 2 aliphatic carbocycles. The minimum atomic E-state index is 0.250. The van der Waals surface area contributed by atoms with E-state index in [0.717, 1.165) is 6.42 Å². The van der Waals surface area contributed by atoms with E-state index in [1.165, 1.54) is 33.9 Å². The van der Waals surface area contributed by atoms with Gasteiger partial charge in [-0.1, -0.05) is 64.1 Å². The summed E-state index contributed by atoms with van der Waals surface area (Å²) >= 11 is 0. The van der Waals surface area contributed by atoms with Crippen LogP contribution in [-0.4, -0.2) is 0 Å². The molecule has 2 heteroatoms. The largest absolute Gasteiger partial charge is 0.358 e. The molecule has 4 rings (SSSR count). The monoisotopic (exact) mass is 330 g/mol. The Morgan fingerprint density at radius 1 is 0.600 bits per heavy atom. The summed E-state index contributed by atoms with van der Waals surface area (Å²) in [4.78, 5) is 0. The Labute approximate surface area is 150 Å². The third-order valence-corrected chi connectivity index (χ3v) is 5.11. The van der Waals surface area contributed by atoms with Gasteiger partial charge in [-0.05, 0) is 41.8 Å². The van der Waals surface area contributed by atoms with Crippen LogP contribution < -0.4 is 10.6 Å². The van der Waals surface area contributed by atoms with Crippen LogP contribution in [0.25, 0.3) is 0 Å². The number of rotatable bonds is 6. The van der Waals surface area contributed by atoms with Crippen molar-refractivity contribution in [1.29, 1.82) is 0 Å². The Hall–Kier alpha value is -2.48. The topological polar surface area (TPSA) is 24.1 Å². The van der Waals surface area contributed by atoms with Crippen molar-refractivity contribution in [3.63, 3.8) is 0 Å². The first-order valence-corrected chi connectivity index (χ1v) is 9.00. The summed E-state index contributed by atoms with van der Waals surface area (Å²) in [6, 6.07) is 17.5. The van der Waals surface area contributed by atoms with E-state index in [0.29, 0.717) is 0 Å². The molecular weight excluding hydrogens is 304 g/mol. The average molecular weight is 330 g/mol. The predicted octanol–water partition coefficient (Wildman–Crippen LogP) is 5.95. The fraction of sp³-hybridized carbons (Fsp3) is 0.304. The molecule has 2 aromatic rings. The van der Waals surface area contributed by atoms with Gasteiger partial charge in [-0.3, -0.25) is 0 Å². The Morgan fingerprint density at radius 3 is 1.20 bits per heavy atom. The van der Waals surface area contributed by atoms with Gasteiger partial charge in [0, 0.05) is 33.6 Å². The molecular formula is C23H26N2. The van der Waals surface area contributed by atoms with Crippen LogP contribution in [0.2, 0.25) is 0 Å². The number of hydrogen-bond donors (Lipinski definition) is 2. The summed E-state index contributed by atoms with van der Waals surface area (Å²) in [5.74, 6) is 0. The molecule has 0 bridgehead atoms. The zero-order valence-corrected chi connectivity index (χ0v) is 15.5. The Morgan fingerprint density at radius 2 is 0.920 bits per heavy atom. The molecule has 0 fully saturated rings. The molecule has 0 spiro atoms. The summed E-state index contributed by atoms with van der Waals surface area (Å²) in [5, 5.41) is 6.97. The van der Waals surface area contributed by atoms with Crippen LogP contribution in [0.3, 0.4) is 0 Å². The molecule has 2 nitrogen and oxygen atoms in total. The number of allylic oxidation sites excluding steroid dienone is 4. The second-order valence-corrected chi connectivity index (χ2v) is 8.38. The molecule has 0 amide bonds. The summed E-state index contributed by atoms with van der Waals surface area (Å²) in [7, 11) is 0. The van der Waals surface area contributed by atoms with Crippen molar-refractivity contribution < 1.29 is 0 Å². The molecule has 0 unspecified atom stereocenters. The Bertz CT molecular complexity index is 776. The second kappa shape index (κ2) is 5.52. The van der Waals surface area contributed by atoms with Crippen molar-refractivity contribution in [3.8, 4) is 0 Å². The van der Waals surface area contributed by atoms with Crippen LogP contribution in [0, 0.1) is 10.8 Å². The zero-order chi connectivity index (χ0) is 17.7. The SMILES string of the molecule is CC1(C)C=C1Nc1ccc(Cc2ccc(NC3=CC3(C)C)cc2)cc1. The lowest BCUT2D eigenvalue weighted by atomic mass is 10.0. The highest BCUT2D eigenvalue weighted by molar-refractivity contribution is 5.58. The summed E-state index contributed by atoms with van der Waals surface area (Å²) in [5.41, 5.74) is 8.14. The van der Waals surface area contributed by atoms with E-state index in [-0.39, 0.29) is 10.8 Å². The summed E-state index contributed by atoms with van der Waals surface area (Å²) in [6.07, 6.45) is 5.48. The smallest absolute Gasteiger partial charge is 0.0382 e. The normalized spacial score (nSPS) is 18.9. The Kier molecular flexibility index (Phi) is 3.54. The summed E-state index contributed by atoms with van der Waals surface area (Å²) < 4.78 is 0. The van der Waals surface area contributed by atoms with Crippen molar-refractivity contribution in [2.75, 3.05) is 10.6 Å². The van der Waals surface area contributed by atoms with Crippen LogP contribution >= 0.6 is 0 Å². The lowest BCUT2D eigenvalue weighted by molar-refractivity contribution is 0.703. The third kappa shape index (κ3) is 3.63. The Balaban J connectivity index is 1.34. The predicted molar refractivity (Wildman–Crippen MR) is 107 cm³/mol. The van der Waals surface area contributed by atoms with E-state index in [1.54, 1.807) is 0 Å². The van der Waals surface area contributed by atoms with Crippen molar-refractivity contribution in [1.82, 2.24) is 0 Å². The van der Waals surface area contributed by atoms with Crippen molar-refractivity contribution in [3.05, 3.63) is 83.2 Å². The minimum absolute atomic E-state index is 0.250. The first kappa shape index (κ1) is 16.0. The fourth-order valence-electron chi connectivity index (χ4n) is 3.00. The van der Waals surface area contributed by atoms with Gasteiger partial charge < -0.3 is 10.6 Å². The second-order valence-electron chi connectivity index (χ2n) is 8.38. The van der Waals surface area contributed by atoms with Gasteiger partial charge in [-0.15, -0.1) is 0 Å². The van der Waals surface area contributed by atoms with Gasteiger partial charge in [0.05, 0.1) is 0 Å². The van der Waals surface area contributed by atoms with Gasteiger partial charge >= 0.3 is 0 Å². The zero-order valence-electron chi connectivity index (χ0n) is 15.5. The molecule has 2 N–H and O–H groups in total. The molecule has 2 aromatic carbocycles. The van der Waals surface area contributed by atoms with Gasteiger partial charge in [0.2, 0.25) is 0 Å². The average Bonchev–Trinajstić information content (AvgIpc) is 3.37.